The summed E-state index contributed by atoms with van der Waals surface area (Å²) in [7, 11) is 1.38. The monoisotopic (exact) mass is 380 g/mol. The Balaban J connectivity index is 1.73. The van der Waals surface area contributed by atoms with E-state index in [1.54, 1.807) is 34.1 Å². The Kier molecular flexibility index (Phi) is 5.63. The van der Waals surface area contributed by atoms with E-state index < -0.39 is 0 Å². The molecule has 1 aliphatic rings. The van der Waals surface area contributed by atoms with E-state index in [1.807, 2.05) is 31.2 Å². The standard InChI is InChI=1S/C21H24N4O3/c1-14-13-24(17-10-6-16(7-11-17)20(22)23)21(27)25(14)18-8-3-15(4-9-18)5-12-19(26)28-2/h3-4,6-11,14H,5,12-13H2,1-2H3,(H3,22,23). The van der Waals surface area contributed by atoms with Crippen LogP contribution < -0.4 is 15.5 Å². The maximum Gasteiger partial charge on any atom is 0.329 e. The second kappa shape index (κ2) is 8.12. The number of anilines is 2. The SMILES string of the molecule is COC(=O)CCc1ccc(N2C(=O)N(c3ccc(C(=N)N)cc3)CC2C)cc1. The van der Waals surface area contributed by atoms with Gasteiger partial charge in [0.25, 0.3) is 0 Å². The van der Waals surface area contributed by atoms with Gasteiger partial charge in [-0.15, -0.1) is 0 Å². The summed E-state index contributed by atoms with van der Waals surface area (Å²) < 4.78 is 4.66. The third-order valence-corrected chi connectivity index (χ3v) is 4.87. The van der Waals surface area contributed by atoms with Gasteiger partial charge in [0.1, 0.15) is 5.84 Å². The second-order valence-electron chi connectivity index (χ2n) is 6.82. The van der Waals surface area contributed by atoms with Crippen molar-refractivity contribution in [1.82, 2.24) is 0 Å². The molecule has 7 nitrogen and oxygen atoms in total. The van der Waals surface area contributed by atoms with E-state index in [0.717, 1.165) is 16.9 Å². The quantitative estimate of drug-likeness (QED) is 0.457. The normalized spacial score (nSPS) is 16.4. The lowest BCUT2D eigenvalue weighted by molar-refractivity contribution is -0.140. The predicted molar refractivity (Wildman–Crippen MR) is 109 cm³/mol. The maximum absolute atomic E-state index is 13.0. The van der Waals surface area contributed by atoms with Crippen molar-refractivity contribution in [2.24, 2.45) is 5.73 Å². The lowest BCUT2D eigenvalue weighted by Gasteiger charge is -2.21. The molecule has 0 spiro atoms. The molecule has 2 aromatic rings. The number of nitrogens with one attached hydrogen (secondary N) is 1. The van der Waals surface area contributed by atoms with E-state index in [4.69, 9.17) is 11.1 Å². The van der Waals surface area contributed by atoms with E-state index in [9.17, 15) is 9.59 Å². The Labute approximate surface area is 164 Å². The molecule has 3 N–H and O–H groups in total. The van der Waals surface area contributed by atoms with Crippen LogP contribution in [-0.2, 0) is 16.0 Å². The molecule has 1 atom stereocenters. The summed E-state index contributed by atoms with van der Waals surface area (Å²) in [5, 5.41) is 7.48. The number of nitrogens with two attached hydrogens (primary N) is 1. The molecule has 1 aliphatic heterocycles. The Morgan fingerprint density at radius 1 is 1.14 bits per heavy atom. The molecule has 2 aromatic carbocycles. The van der Waals surface area contributed by atoms with Crippen LogP contribution in [0.2, 0.25) is 0 Å². The van der Waals surface area contributed by atoms with Gasteiger partial charge in [0.05, 0.1) is 13.2 Å². The van der Waals surface area contributed by atoms with Crippen molar-refractivity contribution >= 4 is 29.2 Å². The van der Waals surface area contributed by atoms with E-state index in [1.165, 1.54) is 7.11 Å². The van der Waals surface area contributed by atoms with Gasteiger partial charge in [-0.3, -0.25) is 20.0 Å². The molecule has 7 heteroatoms. The van der Waals surface area contributed by atoms with Crippen molar-refractivity contribution in [2.75, 3.05) is 23.5 Å². The summed E-state index contributed by atoms with van der Waals surface area (Å²) in [6.07, 6.45) is 0.935. The van der Waals surface area contributed by atoms with Gasteiger partial charge in [0, 0.05) is 29.9 Å². The van der Waals surface area contributed by atoms with Crippen molar-refractivity contribution in [2.45, 2.75) is 25.8 Å². The minimum atomic E-state index is -0.237. The van der Waals surface area contributed by atoms with Crippen molar-refractivity contribution in [1.29, 1.82) is 5.41 Å². The summed E-state index contributed by atoms with van der Waals surface area (Å²) in [6.45, 7) is 2.58. The lowest BCUT2D eigenvalue weighted by atomic mass is 10.1. The minimum absolute atomic E-state index is 0.00146. The summed E-state index contributed by atoms with van der Waals surface area (Å²) in [5.41, 5.74) is 8.74. The van der Waals surface area contributed by atoms with Gasteiger partial charge in [0.15, 0.2) is 0 Å². The number of urea groups is 1. The predicted octanol–water partition coefficient (Wildman–Crippen LogP) is 2.91. The number of methoxy groups -OCH3 is 1. The van der Waals surface area contributed by atoms with Gasteiger partial charge in [0.2, 0.25) is 0 Å². The van der Waals surface area contributed by atoms with E-state index in [-0.39, 0.29) is 23.9 Å². The summed E-state index contributed by atoms with van der Waals surface area (Å²) in [4.78, 5) is 27.8. The number of benzene rings is 2. The van der Waals surface area contributed by atoms with E-state index >= 15 is 0 Å². The molecule has 146 valence electrons. The van der Waals surface area contributed by atoms with Crippen LogP contribution in [0.4, 0.5) is 16.2 Å². The molecule has 0 saturated carbocycles. The number of ether oxygens (including phenoxy) is 1. The van der Waals surface area contributed by atoms with Crippen LogP contribution in [0.5, 0.6) is 0 Å². The number of aryl methyl sites for hydroxylation is 1. The number of nitrogens with zero attached hydrogens (tertiary/aromatic N) is 2. The third kappa shape index (κ3) is 3.98. The molecule has 1 saturated heterocycles. The van der Waals surface area contributed by atoms with Crippen molar-refractivity contribution < 1.29 is 14.3 Å². The first-order valence-electron chi connectivity index (χ1n) is 9.11. The smallest absolute Gasteiger partial charge is 0.329 e. The van der Waals surface area contributed by atoms with Gasteiger partial charge < -0.3 is 10.5 Å². The largest absolute Gasteiger partial charge is 0.469 e. The molecule has 1 heterocycles. The van der Waals surface area contributed by atoms with Crippen LogP contribution in [0.3, 0.4) is 0 Å². The van der Waals surface area contributed by atoms with Crippen molar-refractivity contribution in [3.8, 4) is 0 Å². The van der Waals surface area contributed by atoms with Crippen LogP contribution in [-0.4, -0.2) is 37.5 Å². The number of carbonyl (C=O) groups is 2. The van der Waals surface area contributed by atoms with Gasteiger partial charge in [-0.25, -0.2) is 4.79 Å². The van der Waals surface area contributed by atoms with Crippen molar-refractivity contribution in [3.63, 3.8) is 0 Å². The summed E-state index contributed by atoms with van der Waals surface area (Å²) >= 11 is 0. The van der Waals surface area contributed by atoms with Gasteiger partial charge in [-0.05, 0) is 55.3 Å². The van der Waals surface area contributed by atoms with E-state index in [2.05, 4.69) is 4.74 Å². The van der Waals surface area contributed by atoms with Crippen LogP contribution in [0.25, 0.3) is 0 Å². The number of hydrogen-bond acceptors (Lipinski definition) is 4. The summed E-state index contributed by atoms with van der Waals surface area (Å²) in [5.74, 6) is -0.236. The highest BCUT2D eigenvalue weighted by atomic mass is 16.5. The average molecular weight is 380 g/mol. The fraction of sp³-hybridized carbons (Fsp3) is 0.286. The van der Waals surface area contributed by atoms with Gasteiger partial charge in [-0.2, -0.15) is 0 Å². The number of nitrogen functional groups attached to an aromatic ring is 1. The van der Waals surface area contributed by atoms with Crippen LogP contribution >= 0.6 is 0 Å². The first kappa shape index (κ1) is 19.4. The zero-order chi connectivity index (χ0) is 20.3. The number of esters is 1. The highest BCUT2D eigenvalue weighted by molar-refractivity contribution is 6.07. The third-order valence-electron chi connectivity index (χ3n) is 4.87. The molecular formula is C21H24N4O3. The molecule has 0 bridgehead atoms. The Bertz CT molecular complexity index is 878. The number of amidine groups is 1. The number of amides is 2. The molecule has 1 fully saturated rings. The minimum Gasteiger partial charge on any atom is -0.469 e. The molecule has 2 amide bonds. The lowest BCUT2D eigenvalue weighted by Crippen LogP contribution is -2.33. The fourth-order valence-electron chi connectivity index (χ4n) is 3.32. The molecular weight excluding hydrogens is 356 g/mol. The molecule has 0 radical (unpaired) electrons. The van der Waals surface area contributed by atoms with Gasteiger partial charge >= 0.3 is 12.0 Å². The van der Waals surface area contributed by atoms with E-state index in [0.29, 0.717) is 24.9 Å². The zero-order valence-electron chi connectivity index (χ0n) is 16.0. The Morgan fingerprint density at radius 2 is 1.75 bits per heavy atom. The van der Waals surface area contributed by atoms with Crippen LogP contribution in [0.1, 0.15) is 24.5 Å². The van der Waals surface area contributed by atoms with Crippen molar-refractivity contribution in [3.05, 3.63) is 59.7 Å². The number of hydrogen-bond donors (Lipinski definition) is 2. The average Bonchev–Trinajstić information content (AvgIpc) is 3.00. The highest BCUT2D eigenvalue weighted by Gasteiger charge is 2.36. The molecule has 28 heavy (non-hydrogen) atoms. The first-order chi connectivity index (χ1) is 13.4. The Hall–Kier alpha value is -3.35. The number of carbonyl (C=O) groups excluding carboxylic acids is 2. The highest BCUT2D eigenvalue weighted by Crippen LogP contribution is 2.29. The molecule has 1 unspecified atom stereocenters. The Morgan fingerprint density at radius 3 is 2.32 bits per heavy atom. The fourth-order valence-corrected chi connectivity index (χ4v) is 3.32. The zero-order valence-corrected chi connectivity index (χ0v) is 16.0. The second-order valence-corrected chi connectivity index (χ2v) is 6.82. The topological polar surface area (TPSA) is 99.7 Å². The molecule has 3 rings (SSSR count). The summed E-state index contributed by atoms with van der Waals surface area (Å²) in [6, 6.07) is 14.7. The molecule has 0 aliphatic carbocycles. The number of rotatable bonds is 6. The van der Waals surface area contributed by atoms with Crippen LogP contribution in [0.15, 0.2) is 48.5 Å². The molecule has 0 aromatic heterocycles. The maximum atomic E-state index is 13.0. The first-order valence-corrected chi connectivity index (χ1v) is 9.11. The van der Waals surface area contributed by atoms with Crippen LogP contribution in [0, 0.1) is 5.41 Å². The van der Waals surface area contributed by atoms with Gasteiger partial charge in [-0.1, -0.05) is 12.1 Å².